The monoisotopic (exact) mass is 357 g/mol. The van der Waals surface area contributed by atoms with Crippen LogP contribution in [0.25, 0.3) is 11.3 Å². The van der Waals surface area contributed by atoms with Gasteiger partial charge in [-0.05, 0) is 41.6 Å². The molecule has 0 unspecified atom stereocenters. The molecule has 0 amide bonds. The number of aromatic nitrogens is 2. The quantitative estimate of drug-likeness (QED) is 0.824. The molecule has 0 fully saturated rings. The number of nitrogens with zero attached hydrogens (tertiary/aromatic N) is 1. The van der Waals surface area contributed by atoms with E-state index >= 15 is 0 Å². The minimum absolute atomic E-state index is 0.109. The highest BCUT2D eigenvalue weighted by molar-refractivity contribution is 14.1. The Morgan fingerprint density at radius 1 is 1.50 bits per heavy atom. The van der Waals surface area contributed by atoms with Crippen LogP contribution in [0.4, 0.5) is 5.95 Å². The molecule has 0 aliphatic rings. The van der Waals surface area contributed by atoms with Gasteiger partial charge in [-0.25, -0.2) is 4.98 Å². The molecule has 6 heteroatoms. The summed E-state index contributed by atoms with van der Waals surface area (Å²) in [6.07, 6.45) is 0. The number of H-pyrrole nitrogens is 1. The van der Waals surface area contributed by atoms with E-state index in [1.165, 1.54) is 0 Å². The lowest BCUT2D eigenvalue weighted by Crippen LogP contribution is -2.15. The summed E-state index contributed by atoms with van der Waals surface area (Å²) < 4.78 is 5.93. The van der Waals surface area contributed by atoms with Crippen molar-refractivity contribution in [1.29, 1.82) is 0 Å². The van der Waals surface area contributed by atoms with Gasteiger partial charge in [-0.15, -0.1) is 0 Å². The lowest BCUT2D eigenvalue weighted by molar-refractivity contribution is 0.340. The molecule has 3 N–H and O–H groups in total. The molecule has 2 rings (SSSR count). The average Bonchev–Trinajstić information content (AvgIpc) is 2.34. The SMILES string of the molecule is CCOc1cccc(-c2nc(N)[nH]c(=O)c2I)c1. The molecule has 0 atom stereocenters. The number of ether oxygens (including phenoxy) is 1. The molecule has 1 aromatic heterocycles. The van der Waals surface area contributed by atoms with Crippen molar-refractivity contribution in [1.82, 2.24) is 9.97 Å². The maximum absolute atomic E-state index is 11.6. The van der Waals surface area contributed by atoms with Crippen molar-refractivity contribution in [3.05, 3.63) is 38.2 Å². The smallest absolute Gasteiger partial charge is 0.266 e. The first-order valence-electron chi connectivity index (χ1n) is 5.40. The number of hydrogen-bond donors (Lipinski definition) is 2. The number of nitrogens with one attached hydrogen (secondary N) is 1. The van der Waals surface area contributed by atoms with Crippen LogP contribution in [-0.2, 0) is 0 Å². The third-order valence-electron chi connectivity index (χ3n) is 2.30. The normalized spacial score (nSPS) is 10.3. The molecular formula is C12H12IN3O2. The number of aromatic amines is 1. The fourth-order valence-corrected chi connectivity index (χ4v) is 2.13. The maximum atomic E-state index is 11.6. The fourth-order valence-electron chi connectivity index (χ4n) is 1.57. The van der Waals surface area contributed by atoms with Gasteiger partial charge in [0, 0.05) is 5.56 Å². The van der Waals surface area contributed by atoms with Gasteiger partial charge in [-0.1, -0.05) is 12.1 Å². The third kappa shape index (κ3) is 2.63. The second kappa shape index (κ2) is 5.38. The van der Waals surface area contributed by atoms with E-state index in [-0.39, 0.29) is 11.5 Å². The van der Waals surface area contributed by atoms with Gasteiger partial charge < -0.3 is 10.5 Å². The molecule has 0 saturated carbocycles. The third-order valence-corrected chi connectivity index (χ3v) is 3.30. The first kappa shape index (κ1) is 12.9. The summed E-state index contributed by atoms with van der Waals surface area (Å²) in [7, 11) is 0. The summed E-state index contributed by atoms with van der Waals surface area (Å²) in [4.78, 5) is 18.3. The molecule has 1 aromatic carbocycles. The summed E-state index contributed by atoms with van der Waals surface area (Å²) in [5, 5.41) is 0. The van der Waals surface area contributed by atoms with Gasteiger partial charge in [0.05, 0.1) is 12.3 Å². The molecule has 2 aromatic rings. The minimum Gasteiger partial charge on any atom is -0.494 e. The van der Waals surface area contributed by atoms with Crippen molar-refractivity contribution >= 4 is 28.5 Å². The lowest BCUT2D eigenvalue weighted by atomic mass is 10.1. The van der Waals surface area contributed by atoms with E-state index in [2.05, 4.69) is 9.97 Å². The molecular weight excluding hydrogens is 345 g/mol. The van der Waals surface area contributed by atoms with E-state index in [4.69, 9.17) is 10.5 Å². The van der Waals surface area contributed by atoms with Gasteiger partial charge in [-0.2, -0.15) is 0 Å². The molecule has 0 bridgehead atoms. The Hall–Kier alpha value is -1.57. The summed E-state index contributed by atoms with van der Waals surface area (Å²) in [6, 6.07) is 7.42. The van der Waals surface area contributed by atoms with Gasteiger partial charge in [0.2, 0.25) is 5.95 Å². The summed E-state index contributed by atoms with van der Waals surface area (Å²) in [5.74, 6) is 0.851. The molecule has 0 saturated heterocycles. The van der Waals surface area contributed by atoms with E-state index in [1.54, 1.807) is 0 Å². The largest absolute Gasteiger partial charge is 0.494 e. The Bertz CT molecular complexity index is 625. The Balaban J connectivity index is 2.54. The van der Waals surface area contributed by atoms with Gasteiger partial charge in [0.15, 0.2) is 0 Å². The summed E-state index contributed by atoms with van der Waals surface area (Å²) >= 11 is 1.96. The van der Waals surface area contributed by atoms with Crippen LogP contribution in [0.1, 0.15) is 6.92 Å². The second-order valence-electron chi connectivity index (χ2n) is 3.57. The predicted octanol–water partition coefficient (Wildman–Crippen LogP) is 2.02. The van der Waals surface area contributed by atoms with E-state index in [0.717, 1.165) is 11.3 Å². The number of nitrogens with two attached hydrogens (primary N) is 1. The van der Waals surface area contributed by atoms with Crippen LogP contribution in [0.3, 0.4) is 0 Å². The molecule has 18 heavy (non-hydrogen) atoms. The number of benzene rings is 1. The first-order valence-corrected chi connectivity index (χ1v) is 6.48. The van der Waals surface area contributed by atoms with Crippen molar-refractivity contribution in [2.45, 2.75) is 6.92 Å². The zero-order valence-electron chi connectivity index (χ0n) is 9.74. The van der Waals surface area contributed by atoms with E-state index in [9.17, 15) is 4.79 Å². The number of nitrogen functional groups attached to an aromatic ring is 1. The standard InChI is InChI=1S/C12H12IN3O2/c1-2-18-8-5-3-4-7(6-8)10-9(13)11(17)16-12(14)15-10/h3-6H,2H2,1H3,(H3,14,15,16,17). The Labute approximate surface area is 118 Å². The van der Waals surface area contributed by atoms with Gasteiger partial charge in [0.1, 0.15) is 9.32 Å². The summed E-state index contributed by atoms with van der Waals surface area (Å²) in [5.41, 5.74) is 6.70. The van der Waals surface area contributed by atoms with Gasteiger partial charge in [0.25, 0.3) is 5.56 Å². The van der Waals surface area contributed by atoms with Crippen LogP contribution in [0.15, 0.2) is 29.1 Å². The van der Waals surface area contributed by atoms with Gasteiger partial charge >= 0.3 is 0 Å². The van der Waals surface area contributed by atoms with E-state index in [0.29, 0.717) is 15.9 Å². The van der Waals surface area contributed by atoms with Crippen LogP contribution in [0, 0.1) is 3.57 Å². The lowest BCUT2D eigenvalue weighted by Gasteiger charge is -2.07. The van der Waals surface area contributed by atoms with Gasteiger partial charge in [-0.3, -0.25) is 9.78 Å². The fraction of sp³-hybridized carbons (Fsp3) is 0.167. The molecule has 94 valence electrons. The number of halogens is 1. The van der Waals surface area contributed by atoms with Crippen molar-refractivity contribution < 1.29 is 4.74 Å². The van der Waals surface area contributed by atoms with Crippen molar-refractivity contribution in [2.24, 2.45) is 0 Å². The maximum Gasteiger partial charge on any atom is 0.266 e. The van der Waals surface area contributed by atoms with E-state index in [1.807, 2.05) is 53.8 Å². The van der Waals surface area contributed by atoms with Crippen LogP contribution >= 0.6 is 22.6 Å². The minimum atomic E-state index is -0.236. The Morgan fingerprint density at radius 2 is 2.28 bits per heavy atom. The highest BCUT2D eigenvalue weighted by Crippen LogP contribution is 2.25. The van der Waals surface area contributed by atoms with Crippen LogP contribution in [0.2, 0.25) is 0 Å². The average molecular weight is 357 g/mol. The molecule has 1 heterocycles. The van der Waals surface area contributed by atoms with Crippen LogP contribution < -0.4 is 16.0 Å². The zero-order chi connectivity index (χ0) is 13.1. The summed E-state index contributed by atoms with van der Waals surface area (Å²) in [6.45, 7) is 2.51. The number of anilines is 1. The number of hydrogen-bond acceptors (Lipinski definition) is 4. The van der Waals surface area contributed by atoms with E-state index < -0.39 is 0 Å². The Kier molecular flexibility index (Phi) is 3.85. The molecule has 0 spiro atoms. The van der Waals surface area contributed by atoms with Crippen molar-refractivity contribution in [2.75, 3.05) is 12.3 Å². The topological polar surface area (TPSA) is 81.0 Å². The highest BCUT2D eigenvalue weighted by atomic mass is 127. The zero-order valence-corrected chi connectivity index (χ0v) is 11.9. The predicted molar refractivity (Wildman–Crippen MR) is 78.6 cm³/mol. The van der Waals surface area contributed by atoms with Crippen LogP contribution in [0.5, 0.6) is 5.75 Å². The number of rotatable bonds is 3. The molecule has 0 aliphatic carbocycles. The molecule has 0 radical (unpaired) electrons. The first-order chi connectivity index (χ1) is 8.61. The molecule has 5 nitrogen and oxygen atoms in total. The Morgan fingerprint density at radius 3 is 3.00 bits per heavy atom. The second-order valence-corrected chi connectivity index (χ2v) is 4.65. The van der Waals surface area contributed by atoms with Crippen molar-refractivity contribution in [3.8, 4) is 17.0 Å². The van der Waals surface area contributed by atoms with Crippen LogP contribution in [-0.4, -0.2) is 16.6 Å². The highest BCUT2D eigenvalue weighted by Gasteiger charge is 2.10. The van der Waals surface area contributed by atoms with Crippen molar-refractivity contribution in [3.63, 3.8) is 0 Å². The molecule has 0 aliphatic heterocycles.